The molecule has 3 nitrogen and oxygen atoms in total. The van der Waals surface area contributed by atoms with Crippen molar-refractivity contribution in [3.63, 3.8) is 0 Å². The summed E-state index contributed by atoms with van der Waals surface area (Å²) in [6.07, 6.45) is 3.10. The summed E-state index contributed by atoms with van der Waals surface area (Å²) in [7, 11) is 0. The predicted octanol–water partition coefficient (Wildman–Crippen LogP) is 3.64. The van der Waals surface area contributed by atoms with Gasteiger partial charge in [-0.1, -0.05) is 24.1 Å². The SMILES string of the molecule is CCOC(=O)C[C@H]1CCC[C@@H](N)[C@@H]1c1ccc(Cl)c(F)c1. The summed E-state index contributed by atoms with van der Waals surface area (Å²) in [6, 6.07) is 4.73. The van der Waals surface area contributed by atoms with Crippen molar-refractivity contribution in [3.8, 4) is 0 Å². The highest BCUT2D eigenvalue weighted by molar-refractivity contribution is 6.30. The maximum atomic E-state index is 13.7. The zero-order valence-electron chi connectivity index (χ0n) is 12.1. The number of nitrogens with two attached hydrogens (primary N) is 1. The smallest absolute Gasteiger partial charge is 0.306 e. The number of ether oxygens (including phenoxy) is 1. The Balaban J connectivity index is 2.21. The zero-order chi connectivity index (χ0) is 15.4. The topological polar surface area (TPSA) is 52.3 Å². The van der Waals surface area contributed by atoms with Crippen LogP contribution in [0.3, 0.4) is 0 Å². The Morgan fingerprint density at radius 1 is 1.48 bits per heavy atom. The Labute approximate surface area is 129 Å². The summed E-state index contributed by atoms with van der Waals surface area (Å²) in [5.74, 6) is -0.596. The van der Waals surface area contributed by atoms with E-state index < -0.39 is 5.82 Å². The highest BCUT2D eigenvalue weighted by atomic mass is 35.5. The Hall–Kier alpha value is -1.13. The van der Waals surface area contributed by atoms with Crippen molar-refractivity contribution in [2.75, 3.05) is 6.61 Å². The van der Waals surface area contributed by atoms with E-state index in [0.29, 0.717) is 13.0 Å². The fourth-order valence-electron chi connectivity index (χ4n) is 3.23. The summed E-state index contributed by atoms with van der Waals surface area (Å²) >= 11 is 5.74. The van der Waals surface area contributed by atoms with Gasteiger partial charge in [0.2, 0.25) is 0 Å². The maximum absolute atomic E-state index is 13.7. The number of hydrogen-bond donors (Lipinski definition) is 1. The molecule has 0 bridgehead atoms. The molecule has 2 rings (SSSR count). The van der Waals surface area contributed by atoms with Crippen LogP contribution in [0.1, 0.15) is 44.1 Å². The second-order valence-electron chi connectivity index (χ2n) is 5.56. The Morgan fingerprint density at radius 3 is 2.90 bits per heavy atom. The second kappa shape index (κ2) is 7.23. The molecule has 21 heavy (non-hydrogen) atoms. The number of esters is 1. The molecule has 0 spiro atoms. The molecular formula is C16H21ClFNO2. The van der Waals surface area contributed by atoms with Gasteiger partial charge in [-0.2, -0.15) is 0 Å². The molecule has 1 fully saturated rings. The van der Waals surface area contributed by atoms with Crippen LogP contribution in [0.5, 0.6) is 0 Å². The Kier molecular flexibility index (Phi) is 5.59. The minimum Gasteiger partial charge on any atom is -0.466 e. The van der Waals surface area contributed by atoms with Gasteiger partial charge in [0.1, 0.15) is 5.82 Å². The minimum atomic E-state index is -0.443. The van der Waals surface area contributed by atoms with Gasteiger partial charge in [-0.05, 0) is 43.4 Å². The molecule has 1 aromatic carbocycles. The highest BCUT2D eigenvalue weighted by Gasteiger charge is 2.34. The first kappa shape index (κ1) is 16.2. The molecule has 5 heteroatoms. The lowest BCUT2D eigenvalue weighted by Crippen LogP contribution is -2.38. The number of halogens is 2. The average molecular weight is 314 g/mol. The summed E-state index contributed by atoms with van der Waals surface area (Å²) in [5.41, 5.74) is 7.05. The van der Waals surface area contributed by atoms with Gasteiger partial charge >= 0.3 is 5.97 Å². The van der Waals surface area contributed by atoms with Crippen molar-refractivity contribution in [1.82, 2.24) is 0 Å². The van der Waals surface area contributed by atoms with Crippen molar-refractivity contribution in [2.24, 2.45) is 11.7 Å². The van der Waals surface area contributed by atoms with Crippen molar-refractivity contribution in [3.05, 3.63) is 34.6 Å². The molecule has 116 valence electrons. The number of carbonyl (C=O) groups excluding carboxylic acids is 1. The van der Waals surface area contributed by atoms with Crippen LogP contribution >= 0.6 is 11.6 Å². The first-order valence-electron chi connectivity index (χ1n) is 7.39. The zero-order valence-corrected chi connectivity index (χ0v) is 12.9. The van der Waals surface area contributed by atoms with E-state index in [0.717, 1.165) is 24.8 Å². The molecule has 0 aromatic heterocycles. The van der Waals surface area contributed by atoms with Gasteiger partial charge in [-0.15, -0.1) is 0 Å². The number of carbonyl (C=O) groups is 1. The molecule has 2 N–H and O–H groups in total. The van der Waals surface area contributed by atoms with Crippen LogP contribution in [0.4, 0.5) is 4.39 Å². The van der Waals surface area contributed by atoms with Crippen LogP contribution in [0, 0.1) is 11.7 Å². The molecule has 0 amide bonds. The first-order chi connectivity index (χ1) is 10.0. The van der Waals surface area contributed by atoms with E-state index in [4.69, 9.17) is 22.1 Å². The molecule has 1 aromatic rings. The molecule has 0 radical (unpaired) electrons. The van der Waals surface area contributed by atoms with E-state index in [1.54, 1.807) is 19.1 Å². The van der Waals surface area contributed by atoms with Gasteiger partial charge in [-0.25, -0.2) is 4.39 Å². The average Bonchev–Trinajstić information content (AvgIpc) is 2.43. The molecule has 3 atom stereocenters. The quantitative estimate of drug-likeness (QED) is 0.863. The molecular weight excluding hydrogens is 293 g/mol. The molecule has 1 aliphatic rings. The van der Waals surface area contributed by atoms with E-state index in [2.05, 4.69) is 0 Å². The summed E-state index contributed by atoms with van der Waals surface area (Å²) in [5, 5.41) is 0.102. The van der Waals surface area contributed by atoms with Crippen LogP contribution in [0.25, 0.3) is 0 Å². The van der Waals surface area contributed by atoms with Crippen LogP contribution < -0.4 is 5.73 Å². The Morgan fingerprint density at radius 2 is 2.24 bits per heavy atom. The fourth-order valence-corrected chi connectivity index (χ4v) is 3.34. The monoisotopic (exact) mass is 313 g/mol. The molecule has 0 heterocycles. The van der Waals surface area contributed by atoms with Crippen LogP contribution in [0.2, 0.25) is 5.02 Å². The third kappa shape index (κ3) is 3.95. The van der Waals surface area contributed by atoms with E-state index in [9.17, 15) is 9.18 Å². The van der Waals surface area contributed by atoms with E-state index >= 15 is 0 Å². The molecule has 0 aliphatic heterocycles. The third-order valence-corrected chi connectivity index (χ3v) is 4.45. The predicted molar refractivity (Wildman–Crippen MR) is 80.7 cm³/mol. The van der Waals surface area contributed by atoms with E-state index in [1.807, 2.05) is 0 Å². The van der Waals surface area contributed by atoms with E-state index in [1.165, 1.54) is 6.07 Å². The van der Waals surface area contributed by atoms with Crippen LogP contribution in [-0.2, 0) is 9.53 Å². The largest absolute Gasteiger partial charge is 0.466 e. The molecule has 1 saturated carbocycles. The molecule has 0 saturated heterocycles. The molecule has 0 unspecified atom stereocenters. The normalized spacial score (nSPS) is 25.6. The van der Waals surface area contributed by atoms with Gasteiger partial charge in [0.05, 0.1) is 11.6 Å². The van der Waals surface area contributed by atoms with Crippen molar-refractivity contribution >= 4 is 17.6 Å². The van der Waals surface area contributed by atoms with Gasteiger partial charge in [0.15, 0.2) is 0 Å². The fraction of sp³-hybridized carbons (Fsp3) is 0.562. The number of benzene rings is 1. The highest BCUT2D eigenvalue weighted by Crippen LogP contribution is 2.39. The summed E-state index contributed by atoms with van der Waals surface area (Å²) in [4.78, 5) is 11.8. The lowest BCUT2D eigenvalue weighted by molar-refractivity contribution is -0.144. The lowest BCUT2D eigenvalue weighted by atomic mass is 9.71. The lowest BCUT2D eigenvalue weighted by Gasteiger charge is -2.36. The molecule has 1 aliphatic carbocycles. The third-order valence-electron chi connectivity index (χ3n) is 4.14. The first-order valence-corrected chi connectivity index (χ1v) is 7.76. The summed E-state index contributed by atoms with van der Waals surface area (Å²) < 4.78 is 18.7. The van der Waals surface area contributed by atoms with E-state index in [-0.39, 0.29) is 28.9 Å². The van der Waals surface area contributed by atoms with Gasteiger partial charge in [0.25, 0.3) is 0 Å². The standard InChI is InChI=1S/C16H21ClFNO2/c1-2-21-15(20)9-10-4-3-5-14(19)16(10)11-6-7-12(17)13(18)8-11/h6-8,10,14,16H,2-5,9,19H2,1H3/t10-,14-,16+/m1/s1. The van der Waals surface area contributed by atoms with Crippen molar-refractivity contribution in [1.29, 1.82) is 0 Å². The van der Waals surface area contributed by atoms with Gasteiger partial charge in [0, 0.05) is 18.4 Å². The van der Waals surface area contributed by atoms with Crippen LogP contribution in [-0.4, -0.2) is 18.6 Å². The van der Waals surface area contributed by atoms with Crippen molar-refractivity contribution in [2.45, 2.75) is 44.6 Å². The van der Waals surface area contributed by atoms with Crippen LogP contribution in [0.15, 0.2) is 18.2 Å². The minimum absolute atomic E-state index is 0.0325. The van der Waals surface area contributed by atoms with Gasteiger partial charge < -0.3 is 10.5 Å². The van der Waals surface area contributed by atoms with Gasteiger partial charge in [-0.3, -0.25) is 4.79 Å². The number of hydrogen-bond acceptors (Lipinski definition) is 3. The Bertz CT molecular complexity index is 509. The summed E-state index contributed by atoms with van der Waals surface area (Å²) in [6.45, 7) is 2.16. The van der Waals surface area contributed by atoms with Crippen molar-refractivity contribution < 1.29 is 13.9 Å². The second-order valence-corrected chi connectivity index (χ2v) is 5.97. The number of rotatable bonds is 4. The maximum Gasteiger partial charge on any atom is 0.306 e.